The van der Waals surface area contributed by atoms with Crippen LogP contribution < -0.4 is 25.3 Å². The minimum Gasteiger partial charge on any atom is -0.496 e. The Morgan fingerprint density at radius 1 is 0.729 bits per heavy atom. The molecule has 0 radical (unpaired) electrons. The zero-order chi connectivity index (χ0) is 44.2. The van der Waals surface area contributed by atoms with Crippen LogP contribution in [0.1, 0.15) is 71.7 Å². The predicted octanol–water partition coefficient (Wildman–Crippen LogP) is 10.1. The van der Waals surface area contributed by atoms with E-state index in [0.29, 0.717) is 17.7 Å². The number of nitrogens with one attached hydrogen (secondary N) is 1. The maximum absolute atomic E-state index is 14.9. The summed E-state index contributed by atoms with van der Waals surface area (Å²) in [6, 6.07) is 6.51. The van der Waals surface area contributed by atoms with Crippen molar-refractivity contribution in [3.63, 3.8) is 0 Å². The number of carboxylic acid groups (broad SMARTS) is 1. The fourth-order valence-electron chi connectivity index (χ4n) is 6.03. The molecular formula is C40H38F10N2O7. The van der Waals surface area contributed by atoms with Crippen LogP contribution in [0.5, 0.6) is 17.2 Å². The molecule has 0 aliphatic heterocycles. The van der Waals surface area contributed by atoms with E-state index >= 15 is 0 Å². The van der Waals surface area contributed by atoms with Crippen LogP contribution in [0.2, 0.25) is 0 Å². The Morgan fingerprint density at radius 3 is 1.85 bits per heavy atom. The van der Waals surface area contributed by atoms with Gasteiger partial charge in [0.25, 0.3) is 0 Å². The summed E-state index contributed by atoms with van der Waals surface area (Å²) in [5, 5.41) is 11.9. The number of halogens is 10. The van der Waals surface area contributed by atoms with E-state index in [1.807, 2.05) is 0 Å². The lowest BCUT2D eigenvalue weighted by Crippen LogP contribution is -2.35. The van der Waals surface area contributed by atoms with E-state index in [2.05, 4.69) is 5.32 Å². The number of alkyl halides is 9. The number of carboxylic acids is 1. The molecule has 0 saturated carbocycles. The third-order valence-electron chi connectivity index (χ3n) is 9.09. The normalized spacial score (nSPS) is 13.8. The Labute approximate surface area is 331 Å². The van der Waals surface area contributed by atoms with E-state index in [0.717, 1.165) is 37.4 Å². The monoisotopic (exact) mass is 848 g/mol. The van der Waals surface area contributed by atoms with E-state index in [1.54, 1.807) is 13.8 Å². The molecule has 0 heterocycles. The molecule has 4 N–H and O–H groups in total. The van der Waals surface area contributed by atoms with Crippen molar-refractivity contribution in [2.45, 2.75) is 76.4 Å². The minimum atomic E-state index is -5.31. The first-order valence-electron chi connectivity index (χ1n) is 17.5. The van der Waals surface area contributed by atoms with Gasteiger partial charge in [-0.3, -0.25) is 4.79 Å². The maximum atomic E-state index is 14.9. The van der Waals surface area contributed by atoms with Gasteiger partial charge in [-0.05, 0) is 95.6 Å². The first kappa shape index (κ1) is 46.1. The topological polar surface area (TPSA) is 129 Å². The lowest BCUT2D eigenvalue weighted by atomic mass is 9.92. The molecule has 0 bridgehead atoms. The third kappa shape index (κ3) is 11.6. The molecule has 0 spiro atoms. The molecule has 19 heteroatoms. The molecule has 4 rings (SSSR count). The van der Waals surface area contributed by atoms with E-state index in [9.17, 15) is 53.5 Å². The van der Waals surface area contributed by atoms with Crippen molar-refractivity contribution in [3.8, 4) is 28.4 Å². The van der Waals surface area contributed by atoms with Crippen LogP contribution in [0.15, 0.2) is 66.7 Å². The molecule has 0 aromatic heterocycles. The SMILES string of the molecule is COc1cc(CC(N)C(=O)O)ccc1OC(=O)O[C@H](c1cc(C(F)(F)F)cc(C(F)(F)F)c1)[C@H](C)NCc1cc(C(F)(F)F)ccc1-c1cc(C(C)C)c(F)cc1OC. The van der Waals surface area contributed by atoms with Crippen molar-refractivity contribution in [3.05, 3.63) is 111 Å². The molecule has 320 valence electrons. The van der Waals surface area contributed by atoms with Gasteiger partial charge >= 0.3 is 30.7 Å². The van der Waals surface area contributed by atoms with Gasteiger partial charge in [0.1, 0.15) is 23.7 Å². The summed E-state index contributed by atoms with van der Waals surface area (Å²) in [5.74, 6) is -2.91. The average molecular weight is 849 g/mol. The van der Waals surface area contributed by atoms with Crippen LogP contribution in [-0.2, 0) is 41.0 Å². The van der Waals surface area contributed by atoms with Gasteiger partial charge in [0.05, 0.1) is 30.9 Å². The summed E-state index contributed by atoms with van der Waals surface area (Å²) >= 11 is 0. The Hall–Kier alpha value is -5.56. The van der Waals surface area contributed by atoms with Crippen LogP contribution in [0.3, 0.4) is 0 Å². The standard InChI is InChI=1S/C40H38F10N2O7/c1-19(2)28-16-29(33(56-4)17-30(28)41)27-8-7-24(38(42,43)44)14-23(27)18-52-20(3)35(22-12-25(39(45,46)47)15-26(13-22)40(48,49)50)59-37(55)58-32-9-6-21(11-34(32)57-5)10-31(51)36(53)54/h6-9,11-17,19-20,31,35,52H,10,18,51H2,1-5H3,(H,53,54)/t20-,31?,35-/m0/s1. The van der Waals surface area contributed by atoms with Crippen LogP contribution in [0.25, 0.3) is 11.1 Å². The molecule has 0 saturated heterocycles. The van der Waals surface area contributed by atoms with Gasteiger partial charge < -0.3 is 35.1 Å². The van der Waals surface area contributed by atoms with Gasteiger partial charge in [-0.25, -0.2) is 9.18 Å². The molecule has 1 unspecified atom stereocenters. The summed E-state index contributed by atoms with van der Waals surface area (Å²) in [5.41, 5.74) is 0.809. The van der Waals surface area contributed by atoms with Crippen molar-refractivity contribution in [2.24, 2.45) is 5.73 Å². The van der Waals surface area contributed by atoms with E-state index < -0.39 is 83.5 Å². The number of rotatable bonds is 14. The van der Waals surface area contributed by atoms with Gasteiger partial charge in [-0.15, -0.1) is 0 Å². The van der Waals surface area contributed by atoms with Gasteiger partial charge in [0.15, 0.2) is 11.5 Å². The third-order valence-corrected chi connectivity index (χ3v) is 9.09. The smallest absolute Gasteiger partial charge is 0.496 e. The van der Waals surface area contributed by atoms with Crippen molar-refractivity contribution in [1.29, 1.82) is 0 Å². The Balaban J connectivity index is 1.80. The second kappa shape index (κ2) is 18.1. The van der Waals surface area contributed by atoms with Crippen molar-refractivity contribution < 1.29 is 77.5 Å². The largest absolute Gasteiger partial charge is 0.514 e. The van der Waals surface area contributed by atoms with Crippen LogP contribution in [-0.4, -0.2) is 43.5 Å². The number of carbonyl (C=O) groups is 2. The molecule has 9 nitrogen and oxygen atoms in total. The summed E-state index contributed by atoms with van der Waals surface area (Å²) in [6.45, 7) is 3.98. The Kier molecular flexibility index (Phi) is 14.2. The van der Waals surface area contributed by atoms with E-state index in [1.165, 1.54) is 32.2 Å². The Morgan fingerprint density at radius 2 is 1.32 bits per heavy atom. The molecule has 0 amide bonds. The lowest BCUT2D eigenvalue weighted by molar-refractivity contribution is -0.143. The van der Waals surface area contributed by atoms with E-state index in [-0.39, 0.29) is 57.9 Å². The van der Waals surface area contributed by atoms with Crippen molar-refractivity contribution in [2.75, 3.05) is 14.2 Å². The molecule has 3 atom stereocenters. The predicted molar refractivity (Wildman–Crippen MR) is 192 cm³/mol. The number of hydrogen-bond acceptors (Lipinski definition) is 8. The second-order valence-electron chi connectivity index (χ2n) is 13.6. The number of nitrogens with two attached hydrogens (primary N) is 1. The fourth-order valence-corrected chi connectivity index (χ4v) is 6.03. The number of hydrogen-bond donors (Lipinski definition) is 3. The van der Waals surface area contributed by atoms with Crippen molar-refractivity contribution in [1.82, 2.24) is 5.32 Å². The van der Waals surface area contributed by atoms with E-state index in [4.69, 9.17) is 29.8 Å². The highest BCUT2D eigenvalue weighted by Crippen LogP contribution is 2.41. The highest BCUT2D eigenvalue weighted by Gasteiger charge is 2.39. The average Bonchev–Trinajstić information content (AvgIpc) is 3.14. The highest BCUT2D eigenvalue weighted by atomic mass is 19.4. The minimum absolute atomic E-state index is 0.0539. The number of aliphatic carboxylic acids is 1. The molecule has 4 aromatic carbocycles. The first-order chi connectivity index (χ1) is 27.3. The second-order valence-corrected chi connectivity index (χ2v) is 13.6. The zero-order valence-electron chi connectivity index (χ0n) is 31.8. The maximum Gasteiger partial charge on any atom is 0.514 e. The summed E-state index contributed by atoms with van der Waals surface area (Å²) in [6.07, 6.45) is -19.4. The Bertz CT molecular complexity index is 2120. The molecular weight excluding hydrogens is 810 g/mol. The quantitative estimate of drug-likeness (QED) is 0.0645. The highest BCUT2D eigenvalue weighted by molar-refractivity contribution is 5.75. The van der Waals surface area contributed by atoms with Crippen LogP contribution in [0, 0.1) is 5.82 Å². The number of benzene rings is 4. The van der Waals surface area contributed by atoms with Crippen molar-refractivity contribution >= 4 is 12.1 Å². The molecule has 0 fully saturated rings. The molecule has 0 aliphatic rings. The summed E-state index contributed by atoms with van der Waals surface area (Å²) in [4.78, 5) is 24.5. The molecule has 59 heavy (non-hydrogen) atoms. The zero-order valence-corrected chi connectivity index (χ0v) is 31.8. The van der Waals surface area contributed by atoms with Crippen LogP contribution in [0.4, 0.5) is 48.7 Å². The lowest BCUT2D eigenvalue weighted by Gasteiger charge is -2.27. The fraction of sp³-hybridized carbons (Fsp3) is 0.350. The van der Waals surface area contributed by atoms with Gasteiger partial charge in [0.2, 0.25) is 0 Å². The number of methoxy groups -OCH3 is 2. The summed E-state index contributed by atoms with van der Waals surface area (Å²) < 4.78 is 162. The van der Waals surface area contributed by atoms with Crippen LogP contribution >= 0.6 is 0 Å². The van der Waals surface area contributed by atoms with Gasteiger partial charge in [-0.2, -0.15) is 39.5 Å². The number of ether oxygens (including phenoxy) is 4. The summed E-state index contributed by atoms with van der Waals surface area (Å²) in [7, 11) is 2.36. The van der Waals surface area contributed by atoms with Gasteiger partial charge in [0, 0.05) is 24.2 Å². The number of carbonyl (C=O) groups excluding carboxylic acids is 1. The molecule has 4 aromatic rings. The molecule has 0 aliphatic carbocycles. The van der Waals surface area contributed by atoms with Gasteiger partial charge in [-0.1, -0.05) is 26.0 Å². The first-order valence-corrected chi connectivity index (χ1v) is 17.5.